The lowest BCUT2D eigenvalue weighted by molar-refractivity contribution is 0.224. The van der Waals surface area contributed by atoms with Crippen molar-refractivity contribution < 1.29 is 9.84 Å². The van der Waals surface area contributed by atoms with Crippen LogP contribution >= 0.6 is 38.9 Å². The first-order valence-corrected chi connectivity index (χ1v) is 7.29. The maximum absolute atomic E-state index is 10.3. The van der Waals surface area contributed by atoms with Crippen LogP contribution in [0.4, 0.5) is 0 Å². The van der Waals surface area contributed by atoms with Gasteiger partial charge in [-0.1, -0.05) is 17.7 Å². The fourth-order valence-corrected chi connectivity index (χ4v) is 3.49. The van der Waals surface area contributed by atoms with E-state index in [4.69, 9.17) is 16.3 Å². The highest BCUT2D eigenvalue weighted by Gasteiger charge is 2.15. The smallest absolute Gasteiger partial charge is 0.137 e. The third kappa shape index (κ3) is 2.72. The summed E-state index contributed by atoms with van der Waals surface area (Å²) in [7, 11) is 1.57. The Bertz CT molecular complexity index is 549. The highest BCUT2D eigenvalue weighted by molar-refractivity contribution is 9.11. The molecule has 1 aromatic heterocycles. The van der Waals surface area contributed by atoms with Crippen molar-refractivity contribution in [3.05, 3.63) is 49.1 Å². The fourth-order valence-electron chi connectivity index (χ4n) is 1.64. The predicted octanol–water partition coefficient (Wildman–Crippen LogP) is 4.56. The van der Waals surface area contributed by atoms with Crippen molar-refractivity contribution in [1.29, 1.82) is 0 Å². The van der Waals surface area contributed by atoms with Crippen LogP contribution in [0.15, 0.2) is 28.1 Å². The van der Waals surface area contributed by atoms with Gasteiger partial charge in [-0.05, 0) is 52.2 Å². The molecule has 0 bridgehead atoms. The van der Waals surface area contributed by atoms with E-state index in [1.54, 1.807) is 19.2 Å². The van der Waals surface area contributed by atoms with Gasteiger partial charge in [0.1, 0.15) is 11.9 Å². The maximum atomic E-state index is 10.3. The lowest BCUT2D eigenvalue weighted by Gasteiger charge is -2.11. The first kappa shape index (κ1) is 13.9. The van der Waals surface area contributed by atoms with Crippen LogP contribution in [-0.2, 0) is 0 Å². The highest BCUT2D eigenvalue weighted by atomic mass is 79.9. The van der Waals surface area contributed by atoms with Gasteiger partial charge in [-0.3, -0.25) is 0 Å². The molecule has 96 valence electrons. The number of hydrogen-bond acceptors (Lipinski definition) is 3. The number of ether oxygens (including phenoxy) is 1. The lowest BCUT2D eigenvalue weighted by atomic mass is 10.1. The van der Waals surface area contributed by atoms with Crippen molar-refractivity contribution in [2.24, 2.45) is 0 Å². The average Bonchev–Trinajstić information content (AvgIpc) is 2.68. The molecule has 0 aliphatic carbocycles. The third-order valence-electron chi connectivity index (χ3n) is 2.64. The van der Waals surface area contributed by atoms with E-state index < -0.39 is 6.10 Å². The van der Waals surface area contributed by atoms with Crippen molar-refractivity contribution in [1.82, 2.24) is 0 Å². The molecular formula is C13H12BrClO2S. The molecule has 1 atom stereocenters. The second-order valence-electron chi connectivity index (χ2n) is 3.90. The molecule has 0 aliphatic rings. The Morgan fingerprint density at radius 1 is 1.39 bits per heavy atom. The van der Waals surface area contributed by atoms with E-state index in [2.05, 4.69) is 15.9 Å². The molecule has 1 aromatic carbocycles. The SMILES string of the molecule is COc1ccc(C(O)c2cc(C)c(Br)s2)cc1Cl. The van der Waals surface area contributed by atoms with Gasteiger partial charge in [0.25, 0.3) is 0 Å². The maximum Gasteiger partial charge on any atom is 0.137 e. The van der Waals surface area contributed by atoms with Gasteiger partial charge in [-0.15, -0.1) is 11.3 Å². The van der Waals surface area contributed by atoms with E-state index in [0.717, 1.165) is 19.8 Å². The van der Waals surface area contributed by atoms with Gasteiger partial charge in [-0.25, -0.2) is 0 Å². The van der Waals surface area contributed by atoms with Gasteiger partial charge in [0.05, 0.1) is 15.9 Å². The number of halogens is 2. The second-order valence-corrected chi connectivity index (χ2v) is 6.71. The van der Waals surface area contributed by atoms with E-state index in [9.17, 15) is 5.11 Å². The summed E-state index contributed by atoms with van der Waals surface area (Å²) in [4.78, 5) is 0.889. The molecule has 1 unspecified atom stereocenters. The van der Waals surface area contributed by atoms with Gasteiger partial charge in [0, 0.05) is 4.88 Å². The monoisotopic (exact) mass is 346 g/mol. The van der Waals surface area contributed by atoms with Crippen LogP contribution in [0, 0.1) is 6.92 Å². The Morgan fingerprint density at radius 3 is 2.61 bits per heavy atom. The van der Waals surface area contributed by atoms with Gasteiger partial charge < -0.3 is 9.84 Å². The molecule has 2 aromatic rings. The van der Waals surface area contributed by atoms with E-state index in [1.807, 2.05) is 19.1 Å². The Balaban J connectivity index is 2.33. The molecule has 18 heavy (non-hydrogen) atoms. The number of hydrogen-bond donors (Lipinski definition) is 1. The first-order valence-electron chi connectivity index (χ1n) is 5.30. The number of thiophene rings is 1. The summed E-state index contributed by atoms with van der Waals surface area (Å²) in [5.74, 6) is 0.608. The zero-order valence-electron chi connectivity index (χ0n) is 9.91. The molecule has 0 fully saturated rings. The summed E-state index contributed by atoms with van der Waals surface area (Å²) in [6.07, 6.45) is -0.664. The van der Waals surface area contributed by atoms with E-state index in [0.29, 0.717) is 10.8 Å². The van der Waals surface area contributed by atoms with Crippen LogP contribution in [0.2, 0.25) is 5.02 Å². The zero-order chi connectivity index (χ0) is 13.3. The third-order valence-corrected chi connectivity index (χ3v) is 5.12. The Kier molecular flexibility index (Phi) is 4.33. The van der Waals surface area contributed by atoms with Gasteiger partial charge >= 0.3 is 0 Å². The summed E-state index contributed by atoms with van der Waals surface area (Å²) >= 11 is 11.0. The minimum atomic E-state index is -0.664. The number of aryl methyl sites for hydroxylation is 1. The van der Waals surface area contributed by atoms with Crippen molar-refractivity contribution >= 4 is 38.9 Å². The average molecular weight is 348 g/mol. The Morgan fingerprint density at radius 2 is 2.11 bits per heavy atom. The molecule has 0 saturated heterocycles. The van der Waals surface area contributed by atoms with E-state index >= 15 is 0 Å². The van der Waals surface area contributed by atoms with Gasteiger partial charge in [0.2, 0.25) is 0 Å². The Labute approximate surface area is 123 Å². The number of rotatable bonds is 3. The van der Waals surface area contributed by atoms with Crippen molar-refractivity contribution in [3.63, 3.8) is 0 Å². The molecule has 0 aliphatic heterocycles. The van der Waals surface area contributed by atoms with Crippen LogP contribution in [0.1, 0.15) is 22.1 Å². The summed E-state index contributed by atoms with van der Waals surface area (Å²) in [5.41, 5.74) is 1.88. The van der Waals surface area contributed by atoms with Gasteiger partial charge in [-0.2, -0.15) is 0 Å². The summed E-state index contributed by atoms with van der Waals surface area (Å²) < 4.78 is 6.13. The van der Waals surface area contributed by atoms with Crippen LogP contribution in [-0.4, -0.2) is 12.2 Å². The number of aliphatic hydroxyl groups excluding tert-OH is 1. The number of methoxy groups -OCH3 is 1. The summed E-state index contributed by atoms with van der Waals surface area (Å²) in [6, 6.07) is 7.28. The van der Waals surface area contributed by atoms with E-state index in [1.165, 1.54) is 11.3 Å². The van der Waals surface area contributed by atoms with Crippen LogP contribution in [0.3, 0.4) is 0 Å². The van der Waals surface area contributed by atoms with Gasteiger partial charge in [0.15, 0.2) is 0 Å². The van der Waals surface area contributed by atoms with Crippen molar-refractivity contribution in [3.8, 4) is 5.75 Å². The molecular weight excluding hydrogens is 336 g/mol. The van der Waals surface area contributed by atoms with Crippen LogP contribution in [0.5, 0.6) is 5.75 Å². The zero-order valence-corrected chi connectivity index (χ0v) is 13.1. The predicted molar refractivity (Wildman–Crippen MR) is 78.8 cm³/mol. The summed E-state index contributed by atoms with van der Waals surface area (Å²) in [5, 5.41) is 10.8. The molecule has 0 amide bonds. The molecule has 0 saturated carbocycles. The molecule has 0 radical (unpaired) electrons. The molecule has 2 rings (SSSR count). The van der Waals surface area contributed by atoms with Crippen LogP contribution in [0.25, 0.3) is 0 Å². The molecule has 5 heteroatoms. The minimum Gasteiger partial charge on any atom is -0.495 e. The lowest BCUT2D eigenvalue weighted by Crippen LogP contribution is -1.97. The number of aliphatic hydroxyl groups is 1. The molecule has 0 spiro atoms. The standard InChI is InChI=1S/C13H12BrClO2S/c1-7-5-11(18-13(7)14)12(16)8-3-4-10(17-2)9(15)6-8/h3-6,12,16H,1-2H3. The number of benzene rings is 1. The highest BCUT2D eigenvalue weighted by Crippen LogP contribution is 2.36. The molecule has 2 nitrogen and oxygen atoms in total. The van der Waals surface area contributed by atoms with E-state index in [-0.39, 0.29) is 0 Å². The molecule has 1 N–H and O–H groups in total. The summed E-state index contributed by atoms with van der Waals surface area (Å²) in [6.45, 7) is 2.00. The van der Waals surface area contributed by atoms with Crippen molar-refractivity contribution in [2.45, 2.75) is 13.0 Å². The van der Waals surface area contributed by atoms with Crippen molar-refractivity contribution in [2.75, 3.05) is 7.11 Å². The molecule has 1 heterocycles. The topological polar surface area (TPSA) is 29.5 Å². The largest absolute Gasteiger partial charge is 0.495 e. The van der Waals surface area contributed by atoms with Crippen LogP contribution < -0.4 is 4.74 Å². The fraction of sp³-hybridized carbons (Fsp3) is 0.231. The second kappa shape index (κ2) is 5.61. The minimum absolute atomic E-state index is 0.501. The quantitative estimate of drug-likeness (QED) is 0.882. The Hall–Kier alpha value is -0.550. The normalized spacial score (nSPS) is 12.5. The first-order chi connectivity index (χ1) is 8.52.